The lowest BCUT2D eigenvalue weighted by molar-refractivity contribution is -0.128. The Morgan fingerprint density at radius 2 is 2.18 bits per heavy atom. The van der Waals surface area contributed by atoms with Crippen molar-refractivity contribution in [2.45, 2.75) is 19.8 Å². The Hall–Kier alpha value is -1.36. The van der Waals surface area contributed by atoms with Crippen LogP contribution in [-0.2, 0) is 11.2 Å². The molecule has 1 aromatic heterocycles. The van der Waals surface area contributed by atoms with Gasteiger partial charge in [0.25, 0.3) is 0 Å². The van der Waals surface area contributed by atoms with Crippen LogP contribution in [0, 0.1) is 0 Å². The van der Waals surface area contributed by atoms with E-state index in [1.807, 2.05) is 6.92 Å². The summed E-state index contributed by atoms with van der Waals surface area (Å²) < 4.78 is 0. The molecular weight excluding hydrogens is 240 g/mol. The number of halogens is 1. The molecule has 0 fully saturated rings. The molecule has 0 unspecified atom stereocenters. The van der Waals surface area contributed by atoms with Crippen molar-refractivity contribution < 1.29 is 4.79 Å². The van der Waals surface area contributed by atoms with E-state index in [9.17, 15) is 4.79 Å². The maximum atomic E-state index is 11.4. The maximum Gasteiger partial charge on any atom is 0.223 e. The van der Waals surface area contributed by atoms with E-state index < -0.39 is 0 Å². The lowest BCUT2D eigenvalue weighted by atomic mass is 10.2. The van der Waals surface area contributed by atoms with Gasteiger partial charge in [0.1, 0.15) is 17.3 Å². The van der Waals surface area contributed by atoms with Crippen LogP contribution in [0.15, 0.2) is 6.33 Å². The van der Waals surface area contributed by atoms with Gasteiger partial charge >= 0.3 is 0 Å². The van der Waals surface area contributed by atoms with Gasteiger partial charge in [0, 0.05) is 32.6 Å². The highest BCUT2D eigenvalue weighted by molar-refractivity contribution is 6.30. The van der Waals surface area contributed by atoms with Crippen LogP contribution in [0.2, 0.25) is 5.15 Å². The van der Waals surface area contributed by atoms with Gasteiger partial charge in [-0.15, -0.1) is 0 Å². The minimum atomic E-state index is 0.0794. The Labute approximate surface area is 106 Å². The molecule has 0 spiro atoms. The van der Waals surface area contributed by atoms with Crippen LogP contribution in [0.4, 0.5) is 5.82 Å². The third-order valence-corrected chi connectivity index (χ3v) is 2.70. The maximum absolute atomic E-state index is 11.4. The predicted molar refractivity (Wildman–Crippen MR) is 68.2 cm³/mol. The van der Waals surface area contributed by atoms with Crippen LogP contribution in [0.3, 0.4) is 0 Å². The first-order valence-electron chi connectivity index (χ1n) is 5.49. The van der Waals surface area contributed by atoms with Crippen molar-refractivity contribution in [3.05, 3.63) is 17.0 Å². The fraction of sp³-hybridized carbons (Fsp3) is 0.545. The van der Waals surface area contributed by atoms with Gasteiger partial charge in [-0.1, -0.05) is 18.5 Å². The van der Waals surface area contributed by atoms with Gasteiger partial charge in [-0.25, -0.2) is 9.97 Å². The number of rotatable bonds is 5. The Morgan fingerprint density at radius 3 is 2.76 bits per heavy atom. The van der Waals surface area contributed by atoms with Crippen LogP contribution < -0.4 is 5.32 Å². The summed E-state index contributed by atoms with van der Waals surface area (Å²) in [6.45, 7) is 2.53. The molecule has 0 aliphatic carbocycles. The van der Waals surface area contributed by atoms with E-state index in [4.69, 9.17) is 11.6 Å². The number of nitrogens with one attached hydrogen (secondary N) is 1. The average Bonchev–Trinajstić information content (AvgIpc) is 2.29. The summed E-state index contributed by atoms with van der Waals surface area (Å²) in [7, 11) is 3.47. The van der Waals surface area contributed by atoms with Gasteiger partial charge in [0.15, 0.2) is 0 Å². The molecule has 1 rings (SSSR count). The number of amides is 1. The normalized spacial score (nSPS) is 10.1. The number of hydrogen-bond donors (Lipinski definition) is 1. The number of carbonyl (C=O) groups is 1. The zero-order valence-corrected chi connectivity index (χ0v) is 11.1. The van der Waals surface area contributed by atoms with E-state index in [2.05, 4.69) is 15.3 Å². The molecule has 0 atom stereocenters. The van der Waals surface area contributed by atoms with Crippen LogP contribution in [0.1, 0.15) is 18.9 Å². The van der Waals surface area contributed by atoms with Crippen LogP contribution in [0.5, 0.6) is 0 Å². The van der Waals surface area contributed by atoms with Crippen molar-refractivity contribution in [1.29, 1.82) is 0 Å². The lowest BCUT2D eigenvalue weighted by Crippen LogP contribution is -2.24. The Morgan fingerprint density at radius 1 is 1.47 bits per heavy atom. The fourth-order valence-electron chi connectivity index (χ4n) is 1.37. The minimum Gasteiger partial charge on any atom is -0.369 e. The molecule has 0 saturated carbocycles. The zero-order valence-electron chi connectivity index (χ0n) is 10.3. The molecule has 1 N–H and O–H groups in total. The SMILES string of the molecule is CCc1c(Cl)ncnc1NCCC(=O)N(C)C. The van der Waals surface area contributed by atoms with Gasteiger partial charge in [0.2, 0.25) is 5.91 Å². The Bertz CT molecular complexity index is 395. The highest BCUT2D eigenvalue weighted by Crippen LogP contribution is 2.19. The largest absolute Gasteiger partial charge is 0.369 e. The molecular formula is C11H17ClN4O. The van der Waals surface area contributed by atoms with Gasteiger partial charge in [-0.3, -0.25) is 4.79 Å². The zero-order chi connectivity index (χ0) is 12.8. The number of carbonyl (C=O) groups excluding carboxylic acids is 1. The molecule has 5 nitrogen and oxygen atoms in total. The van der Waals surface area contributed by atoms with Crippen molar-refractivity contribution in [3.8, 4) is 0 Å². The van der Waals surface area contributed by atoms with Crippen molar-refractivity contribution >= 4 is 23.3 Å². The molecule has 0 saturated heterocycles. The molecule has 6 heteroatoms. The Balaban J connectivity index is 2.58. The van der Waals surface area contributed by atoms with Crippen LogP contribution >= 0.6 is 11.6 Å². The molecule has 0 radical (unpaired) electrons. The number of hydrogen-bond acceptors (Lipinski definition) is 4. The summed E-state index contributed by atoms with van der Waals surface area (Å²) >= 11 is 5.96. The molecule has 17 heavy (non-hydrogen) atoms. The van der Waals surface area contributed by atoms with E-state index in [1.54, 1.807) is 19.0 Å². The summed E-state index contributed by atoms with van der Waals surface area (Å²) in [4.78, 5) is 21.0. The molecule has 1 amide bonds. The molecule has 1 aromatic rings. The first-order valence-corrected chi connectivity index (χ1v) is 5.87. The molecule has 0 aromatic carbocycles. The lowest BCUT2D eigenvalue weighted by Gasteiger charge is -2.12. The van der Waals surface area contributed by atoms with E-state index in [0.717, 1.165) is 12.0 Å². The molecule has 0 bridgehead atoms. The third kappa shape index (κ3) is 3.85. The second kappa shape index (κ2) is 6.39. The van der Waals surface area contributed by atoms with Crippen LogP contribution in [-0.4, -0.2) is 41.4 Å². The second-order valence-corrected chi connectivity index (χ2v) is 4.17. The van der Waals surface area contributed by atoms with Crippen molar-refractivity contribution in [1.82, 2.24) is 14.9 Å². The quantitative estimate of drug-likeness (QED) is 0.813. The molecule has 94 valence electrons. The summed E-state index contributed by atoms with van der Waals surface area (Å²) in [6.07, 6.45) is 2.60. The summed E-state index contributed by atoms with van der Waals surface area (Å²) in [5.41, 5.74) is 0.881. The second-order valence-electron chi connectivity index (χ2n) is 3.81. The van der Waals surface area contributed by atoms with Gasteiger partial charge in [-0.2, -0.15) is 0 Å². The van der Waals surface area contributed by atoms with Crippen molar-refractivity contribution in [3.63, 3.8) is 0 Å². The van der Waals surface area contributed by atoms with E-state index in [-0.39, 0.29) is 5.91 Å². The smallest absolute Gasteiger partial charge is 0.223 e. The summed E-state index contributed by atoms with van der Waals surface area (Å²) in [6, 6.07) is 0. The number of nitrogens with zero attached hydrogens (tertiary/aromatic N) is 3. The topological polar surface area (TPSA) is 58.1 Å². The highest BCUT2D eigenvalue weighted by Gasteiger charge is 2.08. The fourth-order valence-corrected chi connectivity index (χ4v) is 1.63. The summed E-state index contributed by atoms with van der Waals surface area (Å²) in [5.74, 6) is 0.787. The molecule has 1 heterocycles. The van der Waals surface area contributed by atoms with E-state index in [0.29, 0.717) is 23.9 Å². The van der Waals surface area contributed by atoms with E-state index >= 15 is 0 Å². The first-order chi connectivity index (χ1) is 8.06. The monoisotopic (exact) mass is 256 g/mol. The Kier molecular flexibility index (Phi) is 5.15. The van der Waals surface area contributed by atoms with Crippen LogP contribution in [0.25, 0.3) is 0 Å². The standard InChI is InChI=1S/C11H17ClN4O/c1-4-8-10(12)14-7-15-11(8)13-6-5-9(17)16(2)3/h7H,4-6H2,1-3H3,(H,13,14,15). The number of anilines is 1. The van der Waals surface area contributed by atoms with Crippen molar-refractivity contribution in [2.75, 3.05) is 26.0 Å². The number of aromatic nitrogens is 2. The average molecular weight is 257 g/mol. The highest BCUT2D eigenvalue weighted by atomic mass is 35.5. The summed E-state index contributed by atoms with van der Waals surface area (Å²) in [5, 5.41) is 3.57. The third-order valence-electron chi connectivity index (χ3n) is 2.38. The molecule has 0 aliphatic heterocycles. The van der Waals surface area contributed by atoms with Gasteiger partial charge < -0.3 is 10.2 Å². The minimum absolute atomic E-state index is 0.0794. The van der Waals surface area contributed by atoms with Crippen molar-refractivity contribution in [2.24, 2.45) is 0 Å². The molecule has 0 aliphatic rings. The first kappa shape index (κ1) is 13.7. The van der Waals surface area contributed by atoms with Gasteiger partial charge in [0.05, 0.1) is 0 Å². The predicted octanol–water partition coefficient (Wildman–Crippen LogP) is 1.58. The van der Waals surface area contributed by atoms with E-state index in [1.165, 1.54) is 6.33 Å². The van der Waals surface area contributed by atoms with Gasteiger partial charge in [-0.05, 0) is 6.42 Å².